The van der Waals surface area contributed by atoms with E-state index in [9.17, 15) is 9.59 Å². The molecule has 2 unspecified atom stereocenters. The van der Waals surface area contributed by atoms with Crippen LogP contribution in [0.1, 0.15) is 87.2 Å². The number of hydrogen-bond acceptors (Lipinski definition) is 8. The molecule has 0 radical (unpaired) electrons. The van der Waals surface area contributed by atoms with Gasteiger partial charge < -0.3 is 18.9 Å². The fourth-order valence-electron chi connectivity index (χ4n) is 6.31. The van der Waals surface area contributed by atoms with E-state index >= 15 is 0 Å². The first-order valence-electron chi connectivity index (χ1n) is 19.2. The normalized spacial score (nSPS) is 11.8. The first-order chi connectivity index (χ1) is 27.3. The Morgan fingerprint density at radius 1 is 0.589 bits per heavy atom. The lowest BCUT2D eigenvalue weighted by atomic mass is 9.93. The van der Waals surface area contributed by atoms with Gasteiger partial charge in [-0.25, -0.2) is 9.97 Å². The fraction of sp³-hybridized carbons (Fsp3) is 0.292. The topological polar surface area (TPSA) is 96.8 Å². The Morgan fingerprint density at radius 3 is 1.52 bits per heavy atom. The molecular weight excluding hydrogens is 701 g/mol. The first-order valence-corrected chi connectivity index (χ1v) is 19.2. The standard InChI is InChI=1S/C24H25NO3.C24H27NO3/c1-17(2)8-15-22(24(26)27-3)18-10-13-21(14-11-18)28-16-20-12-9-19-6-4-5-7-23(19)25-20;1-3-4-5-9-22(24(26)27-2)18-12-15-21(16-13-18)28-17-20-14-11-19-8-6-7-10-23(19)25-20/h4-14,22H,15-16H2,1-3H3;6-8,10-16,22H,3-5,9,17H2,1-2H3. The number of allylic oxidation sites excluding steroid dienone is 2. The molecule has 2 aromatic heterocycles. The number of carbonyl (C=O) groups is 2. The van der Waals surface area contributed by atoms with E-state index in [1.165, 1.54) is 19.8 Å². The Morgan fingerprint density at radius 2 is 1.05 bits per heavy atom. The summed E-state index contributed by atoms with van der Waals surface area (Å²) in [4.78, 5) is 33.5. The zero-order valence-corrected chi connectivity index (χ0v) is 33.1. The predicted octanol–water partition coefficient (Wildman–Crippen LogP) is 11.1. The molecule has 2 atom stereocenters. The molecule has 8 heteroatoms. The zero-order chi connectivity index (χ0) is 39.7. The predicted molar refractivity (Wildman–Crippen MR) is 223 cm³/mol. The van der Waals surface area contributed by atoms with Crippen LogP contribution in [0.25, 0.3) is 21.8 Å². The molecule has 0 aliphatic rings. The molecule has 0 saturated heterocycles. The van der Waals surface area contributed by atoms with E-state index in [4.69, 9.17) is 18.9 Å². The van der Waals surface area contributed by atoms with Crippen molar-refractivity contribution in [1.82, 2.24) is 9.97 Å². The van der Waals surface area contributed by atoms with Gasteiger partial charge in [-0.3, -0.25) is 9.59 Å². The number of hydrogen-bond donors (Lipinski definition) is 0. The minimum absolute atomic E-state index is 0.176. The number of carbonyl (C=O) groups excluding carboxylic acids is 2. The van der Waals surface area contributed by atoms with Gasteiger partial charge in [0.1, 0.15) is 24.7 Å². The molecule has 0 aliphatic carbocycles. The van der Waals surface area contributed by atoms with Gasteiger partial charge in [0.05, 0.1) is 48.5 Å². The number of fused-ring (bicyclic) bond motifs is 2. The van der Waals surface area contributed by atoms with Crippen LogP contribution in [0.3, 0.4) is 0 Å². The van der Waals surface area contributed by atoms with Crippen LogP contribution in [0.5, 0.6) is 11.5 Å². The smallest absolute Gasteiger partial charge is 0.313 e. The summed E-state index contributed by atoms with van der Waals surface area (Å²) in [5.74, 6) is 0.570. The van der Waals surface area contributed by atoms with Gasteiger partial charge in [-0.05, 0) is 86.3 Å². The molecule has 56 heavy (non-hydrogen) atoms. The Hall–Kier alpha value is -6.02. The molecular formula is C48H52N2O6. The first kappa shape index (κ1) is 41.1. The van der Waals surface area contributed by atoms with Gasteiger partial charge in [0.25, 0.3) is 0 Å². The zero-order valence-electron chi connectivity index (χ0n) is 33.1. The number of aromatic nitrogens is 2. The molecule has 8 nitrogen and oxygen atoms in total. The number of rotatable bonds is 16. The van der Waals surface area contributed by atoms with Crippen molar-refractivity contribution < 1.29 is 28.5 Å². The minimum atomic E-state index is -0.309. The van der Waals surface area contributed by atoms with Crippen LogP contribution in [0.15, 0.2) is 133 Å². The van der Waals surface area contributed by atoms with Crippen LogP contribution in [-0.4, -0.2) is 36.1 Å². The lowest BCUT2D eigenvalue weighted by Gasteiger charge is -2.15. The summed E-state index contributed by atoms with van der Waals surface area (Å²) in [5, 5.41) is 2.23. The van der Waals surface area contributed by atoms with Crippen molar-refractivity contribution in [1.29, 1.82) is 0 Å². The highest BCUT2D eigenvalue weighted by Gasteiger charge is 2.22. The molecule has 0 aliphatic heterocycles. The molecule has 0 fully saturated rings. The van der Waals surface area contributed by atoms with E-state index in [1.54, 1.807) is 0 Å². The summed E-state index contributed by atoms with van der Waals surface area (Å²) >= 11 is 0. The van der Waals surface area contributed by atoms with Gasteiger partial charge in [0, 0.05) is 10.8 Å². The summed E-state index contributed by atoms with van der Waals surface area (Å²) in [6.45, 7) is 6.99. The van der Waals surface area contributed by atoms with Crippen molar-refractivity contribution in [2.24, 2.45) is 0 Å². The summed E-state index contributed by atoms with van der Waals surface area (Å²) in [7, 11) is 2.87. The van der Waals surface area contributed by atoms with Gasteiger partial charge in [0.2, 0.25) is 0 Å². The summed E-state index contributed by atoms with van der Waals surface area (Å²) in [6.07, 6.45) is 6.74. The molecule has 290 valence electrons. The number of para-hydroxylation sites is 2. The number of ether oxygens (including phenoxy) is 4. The third-order valence-electron chi connectivity index (χ3n) is 9.48. The van der Waals surface area contributed by atoms with E-state index in [2.05, 4.69) is 29.0 Å². The second-order valence-electron chi connectivity index (χ2n) is 13.9. The van der Waals surface area contributed by atoms with E-state index in [0.29, 0.717) is 19.6 Å². The Labute approximate surface area is 330 Å². The maximum absolute atomic E-state index is 12.1. The van der Waals surface area contributed by atoms with Gasteiger partial charge in [0.15, 0.2) is 0 Å². The van der Waals surface area contributed by atoms with Gasteiger partial charge in [-0.1, -0.05) is 111 Å². The monoisotopic (exact) mass is 752 g/mol. The fourth-order valence-corrected chi connectivity index (χ4v) is 6.31. The average Bonchev–Trinajstić information content (AvgIpc) is 3.24. The van der Waals surface area contributed by atoms with Crippen LogP contribution in [-0.2, 0) is 32.3 Å². The van der Waals surface area contributed by atoms with Crippen molar-refractivity contribution in [2.75, 3.05) is 14.2 Å². The molecule has 2 heterocycles. The number of nitrogens with zero attached hydrogens (tertiary/aromatic N) is 2. The largest absolute Gasteiger partial charge is 0.487 e. The SMILES string of the molecule is CCCCCC(C(=O)OC)c1ccc(OCc2ccc3ccccc3n2)cc1.COC(=O)C(CC=C(C)C)c1ccc(OCc2ccc3ccccc3n2)cc1. The van der Waals surface area contributed by atoms with Crippen LogP contribution in [0, 0.1) is 0 Å². The molecule has 0 amide bonds. The molecule has 6 rings (SSSR count). The third kappa shape index (κ3) is 12.0. The molecule has 0 saturated carbocycles. The van der Waals surface area contributed by atoms with Crippen molar-refractivity contribution in [3.8, 4) is 11.5 Å². The van der Waals surface area contributed by atoms with Gasteiger partial charge >= 0.3 is 11.9 Å². The van der Waals surface area contributed by atoms with Crippen molar-refractivity contribution in [3.05, 3.63) is 155 Å². The molecule has 0 bridgehead atoms. The number of esters is 2. The van der Waals surface area contributed by atoms with E-state index in [-0.39, 0.29) is 23.8 Å². The summed E-state index contributed by atoms with van der Waals surface area (Å²) in [6, 6.07) is 39.4. The summed E-state index contributed by atoms with van der Waals surface area (Å²) < 4.78 is 21.7. The van der Waals surface area contributed by atoms with Crippen molar-refractivity contribution in [3.63, 3.8) is 0 Å². The summed E-state index contributed by atoms with van der Waals surface area (Å²) in [5.41, 5.74) is 6.75. The van der Waals surface area contributed by atoms with Crippen LogP contribution >= 0.6 is 0 Å². The number of pyridine rings is 2. The molecule has 0 N–H and O–H groups in total. The van der Waals surface area contributed by atoms with Crippen molar-refractivity contribution >= 4 is 33.7 Å². The highest BCUT2D eigenvalue weighted by molar-refractivity contribution is 5.80. The second-order valence-corrected chi connectivity index (χ2v) is 13.9. The lowest BCUT2D eigenvalue weighted by molar-refractivity contribution is -0.143. The van der Waals surface area contributed by atoms with E-state index in [1.807, 2.05) is 129 Å². The number of unbranched alkanes of at least 4 members (excludes halogenated alkanes) is 2. The van der Waals surface area contributed by atoms with E-state index < -0.39 is 0 Å². The minimum Gasteiger partial charge on any atom is -0.487 e. The van der Waals surface area contributed by atoms with Crippen LogP contribution in [0.4, 0.5) is 0 Å². The van der Waals surface area contributed by atoms with Crippen LogP contribution in [0.2, 0.25) is 0 Å². The quantitative estimate of drug-likeness (QED) is 0.0548. The molecule has 6 aromatic rings. The number of methoxy groups -OCH3 is 2. The van der Waals surface area contributed by atoms with Crippen LogP contribution < -0.4 is 9.47 Å². The maximum atomic E-state index is 12.1. The number of benzene rings is 4. The Bertz CT molecular complexity index is 2190. The Balaban J connectivity index is 0.000000214. The average molecular weight is 753 g/mol. The van der Waals surface area contributed by atoms with Gasteiger partial charge in [-0.15, -0.1) is 0 Å². The third-order valence-corrected chi connectivity index (χ3v) is 9.48. The van der Waals surface area contributed by atoms with Crippen molar-refractivity contribution in [2.45, 2.75) is 77.9 Å². The highest BCUT2D eigenvalue weighted by atomic mass is 16.5. The highest BCUT2D eigenvalue weighted by Crippen LogP contribution is 2.27. The molecule has 4 aromatic carbocycles. The maximum Gasteiger partial charge on any atom is 0.313 e. The lowest BCUT2D eigenvalue weighted by Crippen LogP contribution is -2.14. The Kier molecular flexibility index (Phi) is 15.6. The molecule has 0 spiro atoms. The van der Waals surface area contributed by atoms with Gasteiger partial charge in [-0.2, -0.15) is 0 Å². The second kappa shape index (κ2) is 21.2. The van der Waals surface area contributed by atoms with E-state index in [0.717, 1.165) is 81.5 Å².